The number of ether oxygens (including phenoxy) is 1. The second-order valence-corrected chi connectivity index (χ2v) is 5.55. The van der Waals surface area contributed by atoms with Gasteiger partial charge in [0, 0.05) is 33.4 Å². The minimum atomic E-state index is -0.0136. The van der Waals surface area contributed by atoms with Crippen LogP contribution in [0.15, 0.2) is 12.1 Å². The van der Waals surface area contributed by atoms with Crippen molar-refractivity contribution in [3.05, 3.63) is 17.8 Å². The van der Waals surface area contributed by atoms with Crippen LogP contribution in [0.25, 0.3) is 0 Å². The molecule has 0 aromatic carbocycles. The molecule has 2 heterocycles. The Hall–Kier alpha value is -1.69. The van der Waals surface area contributed by atoms with Crippen LogP contribution in [0.2, 0.25) is 0 Å². The number of methoxy groups -OCH3 is 1. The fraction of sp³-hybridized carbons (Fsp3) is 0.667. The number of carbonyl (C=O) groups excluding carboxylic acids is 1. The van der Waals surface area contributed by atoms with E-state index in [1.807, 2.05) is 4.90 Å². The van der Waals surface area contributed by atoms with E-state index < -0.39 is 0 Å². The van der Waals surface area contributed by atoms with Gasteiger partial charge in [-0.05, 0) is 37.3 Å². The first-order chi connectivity index (χ1) is 10.2. The van der Waals surface area contributed by atoms with Crippen LogP contribution in [0.5, 0.6) is 0 Å². The first kappa shape index (κ1) is 15.7. The van der Waals surface area contributed by atoms with Gasteiger partial charge < -0.3 is 15.0 Å². The van der Waals surface area contributed by atoms with Crippen LogP contribution < -0.4 is 5.32 Å². The van der Waals surface area contributed by atoms with Crippen molar-refractivity contribution in [2.24, 2.45) is 5.92 Å². The number of hydrogen-bond acceptors (Lipinski definition) is 5. The van der Waals surface area contributed by atoms with Gasteiger partial charge in [-0.15, -0.1) is 10.2 Å². The molecule has 1 saturated heterocycles. The molecule has 6 heteroatoms. The Morgan fingerprint density at radius 1 is 1.38 bits per heavy atom. The average molecular weight is 292 g/mol. The molecule has 1 N–H and O–H groups in total. The summed E-state index contributed by atoms with van der Waals surface area (Å²) in [6, 6.07) is 3.55. The molecule has 1 fully saturated rings. The third kappa shape index (κ3) is 4.67. The normalized spacial score (nSPS) is 16.0. The van der Waals surface area contributed by atoms with Crippen molar-refractivity contribution >= 4 is 11.7 Å². The van der Waals surface area contributed by atoms with Crippen LogP contribution in [-0.4, -0.2) is 54.4 Å². The van der Waals surface area contributed by atoms with Gasteiger partial charge in [-0.3, -0.25) is 4.79 Å². The third-order valence-electron chi connectivity index (χ3n) is 3.79. The summed E-state index contributed by atoms with van der Waals surface area (Å²) in [5.74, 6) is 1.38. The lowest BCUT2D eigenvalue weighted by molar-refractivity contribution is 0.0690. The molecule has 2 rings (SSSR count). The average Bonchev–Trinajstić information content (AvgIpc) is 2.52. The molecule has 6 nitrogen and oxygen atoms in total. The minimum Gasteiger partial charge on any atom is -0.385 e. The Bertz CT molecular complexity index is 441. The van der Waals surface area contributed by atoms with Gasteiger partial charge in [-0.1, -0.05) is 6.92 Å². The number of anilines is 1. The van der Waals surface area contributed by atoms with Crippen molar-refractivity contribution in [1.82, 2.24) is 15.1 Å². The largest absolute Gasteiger partial charge is 0.385 e. The first-order valence-electron chi connectivity index (χ1n) is 7.56. The molecule has 21 heavy (non-hydrogen) atoms. The Morgan fingerprint density at radius 3 is 2.76 bits per heavy atom. The summed E-state index contributed by atoms with van der Waals surface area (Å²) in [5, 5.41) is 11.2. The highest BCUT2D eigenvalue weighted by atomic mass is 16.5. The highest BCUT2D eigenvalue weighted by Crippen LogP contribution is 2.17. The van der Waals surface area contributed by atoms with Crippen molar-refractivity contribution in [1.29, 1.82) is 0 Å². The molecule has 1 aromatic rings. The van der Waals surface area contributed by atoms with Crippen LogP contribution in [0.3, 0.4) is 0 Å². The molecule has 0 unspecified atom stereocenters. The zero-order valence-corrected chi connectivity index (χ0v) is 12.8. The molecular formula is C15H24N4O2. The number of piperidine rings is 1. The maximum absolute atomic E-state index is 12.3. The molecule has 1 aliphatic rings. The fourth-order valence-corrected chi connectivity index (χ4v) is 2.35. The maximum Gasteiger partial charge on any atom is 0.274 e. The van der Waals surface area contributed by atoms with E-state index in [2.05, 4.69) is 22.4 Å². The smallest absolute Gasteiger partial charge is 0.274 e. The summed E-state index contributed by atoms with van der Waals surface area (Å²) in [6.07, 6.45) is 3.04. The van der Waals surface area contributed by atoms with Crippen molar-refractivity contribution in [2.45, 2.75) is 26.2 Å². The van der Waals surface area contributed by atoms with Gasteiger partial charge in [0.1, 0.15) is 5.82 Å². The zero-order valence-electron chi connectivity index (χ0n) is 12.8. The molecule has 1 aromatic heterocycles. The molecular weight excluding hydrogens is 268 g/mol. The van der Waals surface area contributed by atoms with Gasteiger partial charge in [-0.25, -0.2) is 0 Å². The fourth-order valence-electron chi connectivity index (χ4n) is 2.35. The summed E-state index contributed by atoms with van der Waals surface area (Å²) < 4.78 is 4.98. The molecule has 0 bridgehead atoms. The minimum absolute atomic E-state index is 0.0136. The van der Waals surface area contributed by atoms with Gasteiger partial charge in [0.2, 0.25) is 0 Å². The van der Waals surface area contributed by atoms with Gasteiger partial charge in [0.25, 0.3) is 5.91 Å². The molecule has 0 atom stereocenters. The van der Waals surface area contributed by atoms with Crippen LogP contribution in [0, 0.1) is 5.92 Å². The van der Waals surface area contributed by atoms with E-state index in [0.29, 0.717) is 24.0 Å². The Labute approximate surface area is 125 Å². The van der Waals surface area contributed by atoms with Gasteiger partial charge >= 0.3 is 0 Å². The topological polar surface area (TPSA) is 67.3 Å². The van der Waals surface area contributed by atoms with E-state index in [4.69, 9.17) is 4.74 Å². The zero-order chi connectivity index (χ0) is 15.1. The van der Waals surface area contributed by atoms with E-state index >= 15 is 0 Å². The highest BCUT2D eigenvalue weighted by Gasteiger charge is 2.22. The van der Waals surface area contributed by atoms with E-state index in [9.17, 15) is 4.79 Å². The number of aromatic nitrogens is 2. The molecule has 116 valence electrons. The number of nitrogens with zero attached hydrogens (tertiary/aromatic N) is 3. The SMILES string of the molecule is COCCCNc1ccc(C(=O)N2CCC(C)CC2)nn1. The van der Waals surface area contributed by atoms with Crippen LogP contribution in [0.4, 0.5) is 5.82 Å². The molecule has 0 spiro atoms. The summed E-state index contributed by atoms with van der Waals surface area (Å²) in [6.45, 7) is 5.35. The second-order valence-electron chi connectivity index (χ2n) is 5.55. The number of likely N-dealkylation sites (tertiary alicyclic amines) is 1. The molecule has 1 amide bonds. The molecule has 0 saturated carbocycles. The van der Waals surface area contributed by atoms with E-state index in [0.717, 1.165) is 38.9 Å². The van der Waals surface area contributed by atoms with Crippen molar-refractivity contribution in [3.63, 3.8) is 0 Å². The summed E-state index contributed by atoms with van der Waals surface area (Å²) in [4.78, 5) is 14.2. The lowest BCUT2D eigenvalue weighted by Crippen LogP contribution is -2.38. The highest BCUT2D eigenvalue weighted by molar-refractivity contribution is 5.92. The molecule has 0 radical (unpaired) electrons. The van der Waals surface area contributed by atoms with Crippen LogP contribution in [-0.2, 0) is 4.74 Å². The van der Waals surface area contributed by atoms with Crippen LogP contribution >= 0.6 is 0 Å². The van der Waals surface area contributed by atoms with E-state index in [1.54, 1.807) is 19.2 Å². The Balaban J connectivity index is 1.85. The van der Waals surface area contributed by atoms with E-state index in [-0.39, 0.29) is 5.91 Å². The first-order valence-corrected chi connectivity index (χ1v) is 7.56. The monoisotopic (exact) mass is 292 g/mol. The lowest BCUT2D eigenvalue weighted by Gasteiger charge is -2.29. The van der Waals surface area contributed by atoms with E-state index in [1.165, 1.54) is 0 Å². The predicted molar refractivity (Wildman–Crippen MR) is 81.3 cm³/mol. The number of hydrogen-bond donors (Lipinski definition) is 1. The summed E-state index contributed by atoms with van der Waals surface area (Å²) in [5.41, 5.74) is 0.423. The Morgan fingerprint density at radius 2 is 2.14 bits per heavy atom. The Kier molecular flexibility index (Phi) is 5.92. The number of nitrogens with one attached hydrogen (secondary N) is 1. The standard InChI is InChI=1S/C15H24N4O2/c1-12-6-9-19(10-7-12)15(20)13-4-5-14(18-17-13)16-8-3-11-21-2/h4-5,12H,3,6-11H2,1-2H3,(H,16,18). The van der Waals surface area contributed by atoms with Gasteiger partial charge in [0.05, 0.1) is 0 Å². The van der Waals surface area contributed by atoms with Crippen molar-refractivity contribution in [3.8, 4) is 0 Å². The second kappa shape index (κ2) is 7.93. The van der Waals surface area contributed by atoms with Gasteiger partial charge in [-0.2, -0.15) is 0 Å². The quantitative estimate of drug-likeness (QED) is 0.810. The van der Waals surface area contributed by atoms with Crippen molar-refractivity contribution < 1.29 is 9.53 Å². The number of amides is 1. The van der Waals surface area contributed by atoms with Crippen molar-refractivity contribution in [2.75, 3.05) is 38.7 Å². The molecule has 0 aliphatic carbocycles. The lowest BCUT2D eigenvalue weighted by atomic mass is 9.99. The number of carbonyl (C=O) groups is 1. The third-order valence-corrected chi connectivity index (χ3v) is 3.79. The van der Waals surface area contributed by atoms with Gasteiger partial charge in [0.15, 0.2) is 5.69 Å². The maximum atomic E-state index is 12.3. The summed E-state index contributed by atoms with van der Waals surface area (Å²) in [7, 11) is 1.68. The molecule has 1 aliphatic heterocycles. The summed E-state index contributed by atoms with van der Waals surface area (Å²) >= 11 is 0. The van der Waals surface area contributed by atoms with Crippen LogP contribution in [0.1, 0.15) is 36.7 Å². The number of rotatable bonds is 6. The predicted octanol–water partition coefficient (Wildman–Crippen LogP) is 1.80.